The zero-order valence-electron chi connectivity index (χ0n) is 41.5. The molecule has 0 bridgehead atoms. The topological polar surface area (TPSA) is 19.6 Å². The van der Waals surface area contributed by atoms with E-state index < -0.39 is 0 Å². The molecule has 0 spiro atoms. The number of anilines is 6. The first-order valence-electron chi connectivity index (χ1n) is 24.0. The standard InChI is InChI=1S/C62H61BN2OS/c1-36-27-51-55-52(28-36)65(56-37(2)29-43(30-38(56)3)61(8,9)10)58-47-33-42(60(5,6)7)24-26-53(47)66-59(58)63(55)49-32-41(48-35-67-54-22-18-17-21-45(48)54)23-25-50(49)64(51)57-39(4)31-44(62(11,12)13)34-46(57)40-19-15-14-16-20-40/h14-35H,1-13H3. The first-order valence-corrected chi connectivity index (χ1v) is 24.9. The van der Waals surface area contributed by atoms with Crippen molar-refractivity contribution in [1.29, 1.82) is 0 Å². The third-order valence-electron chi connectivity index (χ3n) is 14.5. The monoisotopic (exact) mass is 892 g/mol. The third-order valence-corrected chi connectivity index (χ3v) is 15.5. The van der Waals surface area contributed by atoms with Gasteiger partial charge < -0.3 is 14.2 Å². The van der Waals surface area contributed by atoms with Gasteiger partial charge in [-0.3, -0.25) is 0 Å². The Morgan fingerprint density at radius 2 is 1.09 bits per heavy atom. The molecule has 0 unspecified atom stereocenters. The Bertz CT molecular complexity index is 3450. The van der Waals surface area contributed by atoms with Crippen LogP contribution in [0.25, 0.3) is 43.3 Å². The van der Waals surface area contributed by atoms with E-state index in [0.717, 1.165) is 22.3 Å². The van der Waals surface area contributed by atoms with E-state index >= 15 is 0 Å². The molecule has 7 aromatic carbocycles. The summed E-state index contributed by atoms with van der Waals surface area (Å²) in [4.78, 5) is 5.21. The molecule has 0 radical (unpaired) electrons. The first-order chi connectivity index (χ1) is 31.8. The molecular formula is C62H61BN2OS. The summed E-state index contributed by atoms with van der Waals surface area (Å²) >= 11 is 1.82. The van der Waals surface area contributed by atoms with Crippen molar-refractivity contribution >= 4 is 89.8 Å². The van der Waals surface area contributed by atoms with Gasteiger partial charge in [0, 0.05) is 43.7 Å². The lowest BCUT2D eigenvalue weighted by molar-refractivity contribution is 0.589. The largest absolute Gasteiger partial charge is 0.468 e. The van der Waals surface area contributed by atoms with Crippen molar-refractivity contribution in [2.45, 2.75) is 106 Å². The summed E-state index contributed by atoms with van der Waals surface area (Å²) in [6.45, 7) is 29.9. The summed E-state index contributed by atoms with van der Waals surface area (Å²) in [6.07, 6.45) is 0. The Morgan fingerprint density at radius 1 is 0.478 bits per heavy atom. The predicted molar refractivity (Wildman–Crippen MR) is 292 cm³/mol. The predicted octanol–water partition coefficient (Wildman–Crippen LogP) is 16.2. The number of thiophene rings is 1. The number of rotatable bonds is 4. The van der Waals surface area contributed by atoms with Gasteiger partial charge in [0.2, 0.25) is 0 Å². The molecule has 3 nitrogen and oxygen atoms in total. The van der Waals surface area contributed by atoms with E-state index in [2.05, 4.69) is 233 Å². The van der Waals surface area contributed by atoms with Crippen molar-refractivity contribution in [3.8, 4) is 22.3 Å². The second-order valence-electron chi connectivity index (χ2n) is 22.5. The minimum Gasteiger partial charge on any atom is -0.468 e. The van der Waals surface area contributed by atoms with E-state index in [1.807, 2.05) is 11.3 Å². The van der Waals surface area contributed by atoms with E-state index in [0.29, 0.717) is 0 Å². The lowest BCUT2D eigenvalue weighted by atomic mass is 9.35. The van der Waals surface area contributed by atoms with Crippen molar-refractivity contribution < 1.29 is 4.42 Å². The van der Waals surface area contributed by atoms with Crippen LogP contribution in [0.3, 0.4) is 0 Å². The van der Waals surface area contributed by atoms with Crippen LogP contribution in [0, 0.1) is 27.7 Å². The van der Waals surface area contributed by atoms with Crippen LogP contribution in [0.15, 0.2) is 137 Å². The molecule has 0 atom stereocenters. The maximum atomic E-state index is 7.46. The van der Waals surface area contributed by atoms with Crippen molar-refractivity contribution in [2.75, 3.05) is 9.80 Å². The Hall–Kier alpha value is -6.30. The molecule has 11 rings (SSSR count). The van der Waals surface area contributed by atoms with E-state index in [9.17, 15) is 0 Å². The SMILES string of the molecule is Cc1cc2c3c(c1)N(c1c(C)cc(C(C)(C)C)cc1C)c1c(oc4ccc(C(C)(C)C)cc14)B3c1cc(-c3csc4ccccc34)ccc1N2c1c(C)cc(C(C)(C)C)cc1-c1ccccc1. The van der Waals surface area contributed by atoms with Crippen LogP contribution < -0.4 is 26.4 Å². The molecule has 0 saturated heterocycles. The van der Waals surface area contributed by atoms with Gasteiger partial charge in [0.1, 0.15) is 5.58 Å². The van der Waals surface area contributed by atoms with Gasteiger partial charge in [-0.1, -0.05) is 147 Å². The maximum absolute atomic E-state index is 7.46. The van der Waals surface area contributed by atoms with Crippen molar-refractivity contribution in [3.63, 3.8) is 0 Å². The summed E-state index contributed by atoms with van der Waals surface area (Å²) < 4.78 is 8.76. The van der Waals surface area contributed by atoms with Crippen LogP contribution in [0.4, 0.5) is 34.1 Å². The van der Waals surface area contributed by atoms with Crippen LogP contribution in [0.5, 0.6) is 0 Å². The van der Waals surface area contributed by atoms with Crippen LogP contribution >= 0.6 is 11.3 Å². The van der Waals surface area contributed by atoms with Crippen LogP contribution in [-0.2, 0) is 16.2 Å². The Morgan fingerprint density at radius 3 is 1.76 bits per heavy atom. The molecule has 0 fully saturated rings. The molecule has 9 aromatic rings. The molecule has 0 aliphatic carbocycles. The minimum absolute atomic E-state index is 0.00517. The Balaban J connectivity index is 1.29. The second-order valence-corrected chi connectivity index (χ2v) is 23.4. The number of furan rings is 1. The smallest absolute Gasteiger partial charge is 0.297 e. The highest BCUT2D eigenvalue weighted by Crippen LogP contribution is 2.52. The Labute approximate surface area is 402 Å². The number of hydrogen-bond acceptors (Lipinski definition) is 4. The Kier molecular flexibility index (Phi) is 9.76. The number of nitrogens with zero attached hydrogens (tertiary/aromatic N) is 2. The quantitative estimate of drug-likeness (QED) is 0.164. The van der Waals surface area contributed by atoms with Gasteiger partial charge in [-0.25, -0.2) is 0 Å². The van der Waals surface area contributed by atoms with Gasteiger partial charge in [-0.2, -0.15) is 0 Å². The van der Waals surface area contributed by atoms with Crippen LogP contribution in [0.2, 0.25) is 0 Å². The molecule has 5 heteroatoms. The molecule has 2 aliphatic rings. The fraction of sp³-hybridized carbons (Fsp3) is 0.258. The highest BCUT2D eigenvalue weighted by Gasteiger charge is 2.48. The number of hydrogen-bond donors (Lipinski definition) is 0. The molecule has 0 saturated carbocycles. The summed E-state index contributed by atoms with van der Waals surface area (Å²) in [6, 6.07) is 48.6. The highest BCUT2D eigenvalue weighted by atomic mass is 32.1. The lowest BCUT2D eigenvalue weighted by Gasteiger charge is -2.44. The lowest BCUT2D eigenvalue weighted by Crippen LogP contribution is -2.61. The average Bonchev–Trinajstić information content (AvgIpc) is 3.88. The van der Waals surface area contributed by atoms with Crippen molar-refractivity contribution in [2.24, 2.45) is 0 Å². The fourth-order valence-corrected chi connectivity index (χ4v) is 12.0. The third kappa shape index (κ3) is 6.90. The average molecular weight is 893 g/mol. The van der Waals surface area contributed by atoms with Crippen LogP contribution in [-0.4, -0.2) is 6.71 Å². The first kappa shape index (κ1) is 43.3. The van der Waals surface area contributed by atoms with Gasteiger partial charge in [0.05, 0.1) is 22.7 Å². The summed E-state index contributed by atoms with van der Waals surface area (Å²) in [5.41, 5.74) is 25.3. The number of benzene rings is 7. The molecule has 4 heterocycles. The summed E-state index contributed by atoms with van der Waals surface area (Å²) in [7, 11) is 0. The van der Waals surface area contributed by atoms with E-state index in [4.69, 9.17) is 4.42 Å². The normalized spacial score (nSPS) is 13.7. The van der Waals surface area contributed by atoms with Gasteiger partial charge in [-0.05, 0) is 153 Å². The molecule has 0 N–H and O–H groups in total. The van der Waals surface area contributed by atoms with Gasteiger partial charge in [0.25, 0.3) is 6.71 Å². The van der Waals surface area contributed by atoms with E-state index in [1.165, 1.54) is 111 Å². The molecule has 0 amide bonds. The molecular weight excluding hydrogens is 832 g/mol. The maximum Gasteiger partial charge on any atom is 0.297 e. The second kappa shape index (κ2) is 15.1. The zero-order valence-corrected chi connectivity index (χ0v) is 42.3. The number of aryl methyl sites for hydroxylation is 4. The zero-order chi connectivity index (χ0) is 47.1. The van der Waals surface area contributed by atoms with E-state index in [-0.39, 0.29) is 23.0 Å². The number of fused-ring (bicyclic) bond motifs is 7. The van der Waals surface area contributed by atoms with Crippen LogP contribution in [0.1, 0.15) is 101 Å². The molecule has 334 valence electrons. The highest BCUT2D eigenvalue weighted by molar-refractivity contribution is 7.17. The van der Waals surface area contributed by atoms with Gasteiger partial charge in [-0.15, -0.1) is 11.3 Å². The van der Waals surface area contributed by atoms with Gasteiger partial charge >= 0.3 is 0 Å². The fourth-order valence-electron chi connectivity index (χ4n) is 11.0. The van der Waals surface area contributed by atoms with Crippen molar-refractivity contribution in [3.05, 3.63) is 172 Å². The molecule has 2 aliphatic heterocycles. The summed E-state index contributed by atoms with van der Waals surface area (Å²) in [5, 5.41) is 4.78. The van der Waals surface area contributed by atoms with E-state index in [1.54, 1.807) is 0 Å². The summed E-state index contributed by atoms with van der Waals surface area (Å²) in [5.74, 6) is 0. The minimum atomic E-state index is -0.178. The van der Waals surface area contributed by atoms with Gasteiger partial charge in [0.15, 0.2) is 0 Å². The molecule has 2 aromatic heterocycles. The van der Waals surface area contributed by atoms with Crippen molar-refractivity contribution in [1.82, 2.24) is 0 Å². The molecule has 67 heavy (non-hydrogen) atoms.